The van der Waals surface area contributed by atoms with E-state index in [9.17, 15) is 0 Å². The molecule has 5 heterocycles. The Labute approximate surface area is 642 Å². The Bertz CT molecular complexity index is 6390. The highest BCUT2D eigenvalue weighted by Gasteiger charge is 2.26. The monoisotopic (exact) mass is 1420 g/mol. The maximum atomic E-state index is 6.01. The van der Waals surface area contributed by atoms with Gasteiger partial charge in [0.15, 0.2) is 0 Å². The second-order valence-electron chi connectivity index (χ2n) is 34.1. The molecule has 542 valence electrons. The third-order valence-corrected chi connectivity index (χ3v) is 21.4. The fourth-order valence-corrected chi connectivity index (χ4v) is 15.9. The Morgan fingerprint density at radius 3 is 1.05 bits per heavy atom. The summed E-state index contributed by atoms with van der Waals surface area (Å²) in [6.07, 6.45) is 0. The van der Waals surface area contributed by atoms with Gasteiger partial charge in [-0.1, -0.05) is 334 Å². The predicted octanol–water partition coefficient (Wildman–Crippen LogP) is 29.2. The molecule has 0 unspecified atom stereocenters. The van der Waals surface area contributed by atoms with Crippen molar-refractivity contribution in [1.82, 2.24) is 18.3 Å². The lowest BCUT2D eigenvalue weighted by Gasteiger charge is -2.22. The van der Waals surface area contributed by atoms with E-state index in [0.717, 1.165) is 11.2 Å². The molecule has 0 atom stereocenters. The minimum atomic E-state index is 0.0976. The lowest BCUT2D eigenvalue weighted by Crippen LogP contribution is -2.13. The largest absolute Gasteiger partial charge is 0.456 e. The van der Waals surface area contributed by atoms with Crippen LogP contribution in [0.5, 0.6) is 0 Å². The average molecular weight is 1420 g/mol. The second kappa shape index (κ2) is 29.0. The van der Waals surface area contributed by atoms with E-state index in [1.54, 1.807) is 0 Å². The maximum Gasteiger partial charge on any atom is 0.139 e. The topological polar surface area (TPSA) is 32.9 Å². The van der Waals surface area contributed by atoms with Crippen molar-refractivity contribution in [2.75, 3.05) is 0 Å². The first-order valence-corrected chi connectivity index (χ1v) is 38.6. The van der Waals surface area contributed by atoms with Crippen LogP contribution in [0, 0.1) is 0 Å². The summed E-state index contributed by atoms with van der Waals surface area (Å²) in [6.45, 7) is 34.0. The summed E-state index contributed by atoms with van der Waals surface area (Å²) >= 11 is 0. The van der Waals surface area contributed by atoms with Crippen molar-refractivity contribution < 1.29 is 4.42 Å². The summed E-state index contributed by atoms with van der Waals surface area (Å²) in [7, 11) is 0. The molecule has 0 N–H and O–H groups in total. The van der Waals surface area contributed by atoms with E-state index >= 15 is 0 Å². The highest BCUT2D eigenvalue weighted by molar-refractivity contribution is 6.14. The van der Waals surface area contributed by atoms with Crippen molar-refractivity contribution in [3.8, 4) is 22.7 Å². The zero-order chi connectivity index (χ0) is 76.2. The molecular weight excluding hydrogens is 1320 g/mol. The molecule has 0 radical (unpaired) electrons. The summed E-state index contributed by atoms with van der Waals surface area (Å²) in [6, 6.07) is 119. The number of rotatable bonds is 4. The van der Waals surface area contributed by atoms with Crippen molar-refractivity contribution in [2.24, 2.45) is 0 Å². The van der Waals surface area contributed by atoms with E-state index in [1.807, 2.05) is 12.1 Å². The third-order valence-electron chi connectivity index (χ3n) is 21.4. The van der Waals surface area contributed by atoms with Gasteiger partial charge in [0.1, 0.15) is 11.2 Å². The molecule has 5 heteroatoms. The Morgan fingerprint density at radius 1 is 0.202 bits per heavy atom. The van der Waals surface area contributed by atoms with Crippen LogP contribution in [0.4, 0.5) is 0 Å². The predicted molar refractivity (Wildman–Crippen MR) is 470 cm³/mol. The molecule has 0 bridgehead atoms. The van der Waals surface area contributed by atoms with E-state index < -0.39 is 0 Å². The van der Waals surface area contributed by atoms with Crippen molar-refractivity contribution in [1.29, 1.82) is 0 Å². The molecule has 19 aromatic rings. The first kappa shape index (κ1) is 72.6. The van der Waals surface area contributed by atoms with E-state index in [2.05, 4.69) is 444 Å². The Hall–Kier alpha value is -11.9. The van der Waals surface area contributed by atoms with Gasteiger partial charge in [0, 0.05) is 82.2 Å². The smallest absolute Gasteiger partial charge is 0.139 e. The summed E-state index contributed by atoms with van der Waals surface area (Å²) in [4.78, 5) is 0. The van der Waals surface area contributed by atoms with Crippen LogP contribution in [-0.4, -0.2) is 18.3 Å². The summed E-state index contributed by atoms with van der Waals surface area (Å²) < 4.78 is 15.5. The average Bonchev–Trinajstić information content (AvgIpc) is 1.60. The molecule has 0 spiro atoms. The van der Waals surface area contributed by atoms with Crippen LogP contribution < -0.4 is 0 Å². The zero-order valence-electron chi connectivity index (χ0n) is 66.0. The number of hydrogen-bond acceptors (Lipinski definition) is 1. The fourth-order valence-electron chi connectivity index (χ4n) is 15.9. The van der Waals surface area contributed by atoms with Crippen LogP contribution in [0.2, 0.25) is 0 Å². The fraction of sp³-hybridized carbons (Fsp3) is 0.192. The van der Waals surface area contributed by atoms with Crippen LogP contribution in [0.3, 0.4) is 0 Å². The van der Waals surface area contributed by atoms with Crippen molar-refractivity contribution in [2.45, 2.75) is 131 Å². The highest BCUT2D eigenvalue weighted by atomic mass is 16.3. The molecule has 0 aliphatic heterocycles. The summed E-state index contributed by atoms with van der Waals surface area (Å²) in [5.41, 5.74) is 24.5. The van der Waals surface area contributed by atoms with Crippen LogP contribution in [-0.2, 0) is 27.1 Å². The van der Waals surface area contributed by atoms with Gasteiger partial charge in [0.05, 0.1) is 44.1 Å². The number of nitrogens with zero attached hydrogens (tertiary/aromatic N) is 4. The summed E-state index contributed by atoms with van der Waals surface area (Å²) in [5.74, 6) is 0. The van der Waals surface area contributed by atoms with Gasteiger partial charge >= 0.3 is 0 Å². The standard InChI is InChI=1S/4C22H21N.C16H16O/c1-22(2,3)19-14-9-13-18-17-12-7-8-15-20(17)23(21(18)19)16-10-5-4-6-11-16;1-22(2,3)18-13-9-15-20-21(18)17-12-7-8-14-19(17)23(20)16-10-5-4-6-11-16;1-22(2,3)16-13-14-21-19(15-16)18-11-7-8-12-20(18)23(21)17-9-5-4-6-10-17;1-22(2,3)16-13-14-19-18-11-7-8-12-20(18)23(21(19)15-16)17-9-5-4-6-10-17;1-16(2,3)13-9-6-8-12-11-7-4-5-10-14(11)17-15(12)13/h4*4-15H,1-3H3;4-10H,1-3H3. The number of aromatic nitrogens is 4. The molecule has 5 aromatic heterocycles. The number of fused-ring (bicyclic) bond motifs is 15. The Kier molecular flexibility index (Phi) is 19.3. The van der Waals surface area contributed by atoms with Gasteiger partial charge < -0.3 is 22.7 Å². The number of hydrogen-bond donors (Lipinski definition) is 0. The highest BCUT2D eigenvalue weighted by Crippen LogP contribution is 2.43. The van der Waals surface area contributed by atoms with Crippen LogP contribution in [0.1, 0.15) is 132 Å². The SMILES string of the molecule is CC(C)(C)c1ccc2c(c1)c1ccccc1n2-c1ccccc1.CC(C)(C)c1ccc2c3ccccc3n(-c3ccccc3)c2c1.CC(C)(C)c1cccc2c1c1ccccc1n2-c1ccccc1.CC(C)(C)c1cccc2c1oc1ccccc12.CC(C)(C)c1cccc2c3ccccc3n(-c3ccccc3)c12. The first-order valence-electron chi connectivity index (χ1n) is 38.6. The van der Waals surface area contributed by atoms with Gasteiger partial charge in [-0.2, -0.15) is 0 Å². The second-order valence-corrected chi connectivity index (χ2v) is 34.1. The van der Waals surface area contributed by atoms with Gasteiger partial charge in [0.2, 0.25) is 0 Å². The molecule has 0 amide bonds. The molecule has 19 rings (SSSR count). The van der Waals surface area contributed by atoms with Gasteiger partial charge in [0.25, 0.3) is 0 Å². The Morgan fingerprint density at radius 2 is 0.532 bits per heavy atom. The molecular formula is C104H100N4O. The maximum absolute atomic E-state index is 6.01. The first-order chi connectivity index (χ1) is 52.3. The molecule has 0 saturated carbocycles. The molecule has 14 aromatic carbocycles. The third kappa shape index (κ3) is 14.2. The van der Waals surface area contributed by atoms with Gasteiger partial charge in [-0.05, 0) is 152 Å². The number of furan rings is 1. The molecule has 0 saturated heterocycles. The molecule has 109 heavy (non-hydrogen) atoms. The van der Waals surface area contributed by atoms with Crippen molar-refractivity contribution in [3.63, 3.8) is 0 Å². The minimum absolute atomic E-state index is 0.0976. The van der Waals surface area contributed by atoms with Gasteiger partial charge in [-0.25, -0.2) is 0 Å². The van der Waals surface area contributed by atoms with E-state index in [1.165, 1.54) is 149 Å². The van der Waals surface area contributed by atoms with Crippen LogP contribution in [0.15, 0.2) is 338 Å². The molecule has 5 nitrogen and oxygen atoms in total. The minimum Gasteiger partial charge on any atom is -0.456 e. The molecule has 0 aliphatic rings. The normalized spacial score (nSPS) is 12.2. The van der Waals surface area contributed by atoms with Crippen LogP contribution in [0.25, 0.3) is 132 Å². The molecule has 0 aliphatic carbocycles. The lowest BCUT2D eigenvalue weighted by molar-refractivity contribution is 0.573. The van der Waals surface area contributed by atoms with Crippen molar-refractivity contribution in [3.05, 3.63) is 361 Å². The summed E-state index contributed by atoms with van der Waals surface area (Å²) in [5, 5.41) is 13.0. The quantitative estimate of drug-likeness (QED) is 0.173. The Balaban J connectivity index is 0.000000109. The lowest BCUT2D eigenvalue weighted by atomic mass is 9.84. The number of para-hydroxylation sites is 11. The zero-order valence-corrected chi connectivity index (χ0v) is 66.0. The van der Waals surface area contributed by atoms with E-state index in [4.69, 9.17) is 4.42 Å². The van der Waals surface area contributed by atoms with E-state index in [0.29, 0.717) is 0 Å². The van der Waals surface area contributed by atoms with E-state index in [-0.39, 0.29) is 27.1 Å². The number of benzene rings is 14. The molecule has 0 fully saturated rings. The van der Waals surface area contributed by atoms with Crippen LogP contribution >= 0.6 is 0 Å². The van der Waals surface area contributed by atoms with Gasteiger partial charge in [-0.3, -0.25) is 0 Å². The van der Waals surface area contributed by atoms with Crippen molar-refractivity contribution >= 4 is 109 Å². The van der Waals surface area contributed by atoms with Gasteiger partial charge in [-0.15, -0.1) is 0 Å².